The first kappa shape index (κ1) is 18.0. The number of carbonyl (C=O) groups excluding carboxylic acids is 2. The second-order valence-corrected chi connectivity index (χ2v) is 8.57. The quantitative estimate of drug-likeness (QED) is 0.721. The maximum absolute atomic E-state index is 13.0. The summed E-state index contributed by atoms with van der Waals surface area (Å²) < 4.78 is 5.33. The number of amides is 1. The SMILES string of the molecule is CC(C)(C)OC(=O)Nc1sc2c(c1C(=O)c1ccc(Cl)cc1)CCC2. The largest absolute Gasteiger partial charge is 0.444 e. The molecule has 0 aliphatic heterocycles. The number of nitrogens with one attached hydrogen (secondary N) is 1. The molecule has 0 spiro atoms. The van der Waals surface area contributed by atoms with Crippen molar-refractivity contribution < 1.29 is 14.3 Å². The van der Waals surface area contributed by atoms with Crippen molar-refractivity contribution in [1.82, 2.24) is 0 Å². The Bertz CT molecular complexity index is 818. The van der Waals surface area contributed by atoms with Crippen LogP contribution in [0.25, 0.3) is 0 Å². The maximum atomic E-state index is 13.0. The summed E-state index contributed by atoms with van der Waals surface area (Å²) in [6, 6.07) is 6.81. The van der Waals surface area contributed by atoms with E-state index in [-0.39, 0.29) is 5.78 Å². The molecule has 1 N–H and O–H groups in total. The Hall–Kier alpha value is -1.85. The Kier molecular flexibility index (Phi) is 4.89. The number of ketones is 1. The number of aryl methyl sites for hydroxylation is 1. The second kappa shape index (κ2) is 6.81. The van der Waals surface area contributed by atoms with Crippen LogP contribution in [0.3, 0.4) is 0 Å². The van der Waals surface area contributed by atoms with Crippen LogP contribution >= 0.6 is 22.9 Å². The third kappa shape index (κ3) is 4.05. The first-order valence-corrected chi connectivity index (χ1v) is 9.39. The van der Waals surface area contributed by atoms with Crippen LogP contribution in [-0.4, -0.2) is 17.5 Å². The zero-order valence-corrected chi connectivity index (χ0v) is 16.0. The first-order chi connectivity index (χ1) is 11.7. The standard InChI is InChI=1S/C19H20ClNO3S/c1-19(2,3)24-18(23)21-17-15(13-5-4-6-14(13)25-17)16(22)11-7-9-12(20)10-8-11/h7-10H,4-6H2,1-3H3,(H,21,23). The molecule has 3 rings (SSSR count). The van der Waals surface area contributed by atoms with Gasteiger partial charge in [0, 0.05) is 15.5 Å². The van der Waals surface area contributed by atoms with Gasteiger partial charge in [-0.05, 0) is 69.9 Å². The zero-order chi connectivity index (χ0) is 18.2. The highest BCUT2D eigenvalue weighted by molar-refractivity contribution is 7.17. The van der Waals surface area contributed by atoms with E-state index in [1.54, 1.807) is 45.0 Å². The highest BCUT2D eigenvalue weighted by atomic mass is 35.5. The number of thiophene rings is 1. The molecule has 1 aliphatic rings. The van der Waals surface area contributed by atoms with E-state index in [4.69, 9.17) is 16.3 Å². The van der Waals surface area contributed by atoms with Gasteiger partial charge in [0.05, 0.1) is 5.56 Å². The van der Waals surface area contributed by atoms with E-state index >= 15 is 0 Å². The average Bonchev–Trinajstić information content (AvgIpc) is 3.05. The van der Waals surface area contributed by atoms with Crippen molar-refractivity contribution in [2.75, 3.05) is 5.32 Å². The molecule has 0 saturated carbocycles. The molecule has 1 aromatic carbocycles. The average molecular weight is 378 g/mol. The van der Waals surface area contributed by atoms with Crippen LogP contribution in [0.15, 0.2) is 24.3 Å². The van der Waals surface area contributed by atoms with Crippen LogP contribution in [0.1, 0.15) is 53.6 Å². The van der Waals surface area contributed by atoms with E-state index in [1.165, 1.54) is 16.2 Å². The van der Waals surface area contributed by atoms with Crippen LogP contribution in [0.4, 0.5) is 9.80 Å². The minimum Gasteiger partial charge on any atom is -0.444 e. The fourth-order valence-electron chi connectivity index (χ4n) is 2.87. The first-order valence-electron chi connectivity index (χ1n) is 8.19. The summed E-state index contributed by atoms with van der Waals surface area (Å²) in [5.74, 6) is -0.0953. The van der Waals surface area contributed by atoms with Gasteiger partial charge < -0.3 is 4.74 Å². The number of benzene rings is 1. The number of rotatable bonds is 3. The van der Waals surface area contributed by atoms with Crippen LogP contribution in [0.2, 0.25) is 5.02 Å². The van der Waals surface area contributed by atoms with Crippen molar-refractivity contribution >= 4 is 39.8 Å². The molecule has 2 aromatic rings. The smallest absolute Gasteiger partial charge is 0.412 e. The van der Waals surface area contributed by atoms with Gasteiger partial charge in [-0.2, -0.15) is 0 Å². The lowest BCUT2D eigenvalue weighted by molar-refractivity contribution is 0.0636. The van der Waals surface area contributed by atoms with E-state index < -0.39 is 11.7 Å². The zero-order valence-electron chi connectivity index (χ0n) is 14.4. The van der Waals surface area contributed by atoms with Gasteiger partial charge in [0.1, 0.15) is 10.6 Å². The molecule has 1 aromatic heterocycles. The number of anilines is 1. The maximum Gasteiger partial charge on any atom is 0.412 e. The summed E-state index contributed by atoms with van der Waals surface area (Å²) in [6.45, 7) is 5.42. The van der Waals surface area contributed by atoms with E-state index in [9.17, 15) is 9.59 Å². The number of hydrogen-bond acceptors (Lipinski definition) is 4. The van der Waals surface area contributed by atoms with E-state index in [1.807, 2.05) is 0 Å². The summed E-state index contributed by atoms with van der Waals surface area (Å²) in [6.07, 6.45) is 2.29. The molecule has 0 atom stereocenters. The van der Waals surface area contributed by atoms with Gasteiger partial charge in [0.15, 0.2) is 5.78 Å². The van der Waals surface area contributed by atoms with Crippen molar-refractivity contribution in [3.05, 3.63) is 50.9 Å². The van der Waals surface area contributed by atoms with Gasteiger partial charge in [-0.1, -0.05) is 11.6 Å². The minimum atomic E-state index is -0.593. The summed E-state index contributed by atoms with van der Waals surface area (Å²) in [5, 5.41) is 3.92. The molecule has 1 amide bonds. The Morgan fingerprint density at radius 1 is 1.16 bits per heavy atom. The highest BCUT2D eigenvalue weighted by Crippen LogP contribution is 2.40. The Morgan fingerprint density at radius 3 is 2.48 bits per heavy atom. The lowest BCUT2D eigenvalue weighted by Crippen LogP contribution is -2.27. The van der Waals surface area contributed by atoms with Gasteiger partial charge in [0.2, 0.25) is 0 Å². The molecule has 1 aliphatic carbocycles. The van der Waals surface area contributed by atoms with Gasteiger partial charge in [0.25, 0.3) is 0 Å². The predicted molar refractivity (Wildman–Crippen MR) is 101 cm³/mol. The lowest BCUT2D eigenvalue weighted by atomic mass is 10.0. The van der Waals surface area contributed by atoms with E-state index in [0.717, 1.165) is 24.8 Å². The third-order valence-corrected chi connectivity index (χ3v) is 5.33. The van der Waals surface area contributed by atoms with Gasteiger partial charge in [-0.15, -0.1) is 11.3 Å². The summed E-state index contributed by atoms with van der Waals surface area (Å²) in [4.78, 5) is 26.4. The van der Waals surface area contributed by atoms with Crippen molar-refractivity contribution in [2.24, 2.45) is 0 Å². The fraction of sp³-hybridized carbons (Fsp3) is 0.368. The topological polar surface area (TPSA) is 55.4 Å². The monoisotopic (exact) mass is 377 g/mol. The lowest BCUT2D eigenvalue weighted by Gasteiger charge is -2.19. The molecule has 0 unspecified atom stereocenters. The van der Waals surface area contributed by atoms with Gasteiger partial charge >= 0.3 is 6.09 Å². The Labute approximate surface area is 156 Å². The summed E-state index contributed by atoms with van der Waals surface area (Å²) in [5.41, 5.74) is 1.61. The third-order valence-electron chi connectivity index (χ3n) is 3.87. The number of ether oxygens (including phenoxy) is 1. The highest BCUT2D eigenvalue weighted by Gasteiger charge is 2.29. The Balaban J connectivity index is 1.93. The van der Waals surface area contributed by atoms with E-state index in [2.05, 4.69) is 5.32 Å². The number of fused-ring (bicyclic) bond motifs is 1. The normalized spacial score (nSPS) is 13.4. The van der Waals surface area contributed by atoms with Gasteiger partial charge in [-0.25, -0.2) is 4.79 Å². The number of halogens is 1. The molecule has 0 bridgehead atoms. The summed E-state index contributed by atoms with van der Waals surface area (Å²) >= 11 is 7.38. The van der Waals surface area contributed by atoms with Crippen LogP contribution < -0.4 is 5.32 Å². The van der Waals surface area contributed by atoms with Crippen LogP contribution in [0.5, 0.6) is 0 Å². The fourth-order valence-corrected chi connectivity index (χ4v) is 4.27. The van der Waals surface area contributed by atoms with Crippen molar-refractivity contribution in [3.63, 3.8) is 0 Å². The van der Waals surface area contributed by atoms with Crippen LogP contribution in [0, 0.1) is 0 Å². The number of hydrogen-bond donors (Lipinski definition) is 1. The molecule has 6 heteroatoms. The minimum absolute atomic E-state index is 0.0953. The molecule has 25 heavy (non-hydrogen) atoms. The molecule has 1 heterocycles. The molecular weight excluding hydrogens is 358 g/mol. The second-order valence-electron chi connectivity index (χ2n) is 7.02. The summed E-state index contributed by atoms with van der Waals surface area (Å²) in [7, 11) is 0. The predicted octanol–water partition coefficient (Wildman–Crippen LogP) is 5.47. The molecule has 4 nitrogen and oxygen atoms in total. The van der Waals surface area contributed by atoms with Gasteiger partial charge in [-0.3, -0.25) is 10.1 Å². The molecule has 0 fully saturated rings. The van der Waals surface area contributed by atoms with Crippen LogP contribution in [-0.2, 0) is 17.6 Å². The van der Waals surface area contributed by atoms with Crippen molar-refractivity contribution in [2.45, 2.75) is 45.6 Å². The van der Waals surface area contributed by atoms with Crippen molar-refractivity contribution in [1.29, 1.82) is 0 Å². The molecule has 0 saturated heterocycles. The Morgan fingerprint density at radius 2 is 1.84 bits per heavy atom. The van der Waals surface area contributed by atoms with Crippen molar-refractivity contribution in [3.8, 4) is 0 Å². The van der Waals surface area contributed by atoms with E-state index in [0.29, 0.717) is 21.2 Å². The molecular formula is C19H20ClNO3S. The number of carbonyl (C=O) groups is 2. The molecule has 0 radical (unpaired) electrons. The molecule has 132 valence electrons.